The predicted octanol–water partition coefficient (Wildman–Crippen LogP) is 2.34. The van der Waals surface area contributed by atoms with Crippen LogP contribution in [0.2, 0.25) is 0 Å². The summed E-state index contributed by atoms with van der Waals surface area (Å²) in [5, 5.41) is 0. The number of hydrogen-bond acceptors (Lipinski definition) is 3. The van der Waals surface area contributed by atoms with E-state index in [9.17, 15) is 4.57 Å². The van der Waals surface area contributed by atoms with Gasteiger partial charge in [-0.1, -0.05) is 30.3 Å². The van der Waals surface area contributed by atoms with Gasteiger partial charge in [0.05, 0.1) is 6.42 Å². The molecule has 0 amide bonds. The van der Waals surface area contributed by atoms with Crippen LogP contribution in [0.1, 0.15) is 5.56 Å². The van der Waals surface area contributed by atoms with E-state index in [1.165, 1.54) is 14.2 Å². The molecule has 1 rings (SSSR count). The van der Waals surface area contributed by atoms with E-state index >= 15 is 0 Å². The van der Waals surface area contributed by atoms with Crippen LogP contribution in [0.25, 0.3) is 5.53 Å². The fourth-order valence-corrected chi connectivity index (χ4v) is 2.31. The van der Waals surface area contributed by atoms with Crippen molar-refractivity contribution < 1.29 is 18.4 Å². The number of nitrogens with zero attached hydrogens (tertiary/aromatic N) is 2. The van der Waals surface area contributed by atoms with Gasteiger partial charge in [-0.3, -0.25) is 0 Å². The Hall–Kier alpha value is -1.25. The minimum atomic E-state index is -3.46. The van der Waals surface area contributed by atoms with E-state index in [1.807, 2.05) is 30.3 Å². The van der Waals surface area contributed by atoms with E-state index in [4.69, 9.17) is 14.6 Å². The maximum absolute atomic E-state index is 12.0. The molecule has 6 heteroatoms. The molecule has 0 aromatic heterocycles. The first kappa shape index (κ1) is 12.8. The first-order chi connectivity index (χ1) is 7.66. The molecule has 16 heavy (non-hydrogen) atoms. The second-order valence-electron chi connectivity index (χ2n) is 3.04. The molecule has 0 spiro atoms. The summed E-state index contributed by atoms with van der Waals surface area (Å²) in [5.74, 6) is 0. The standard InChI is InChI=1S/C10H13N2O3P/c1-14-16(13,15-2)10(12-11)8-9-6-4-3-5-7-9/h3-7H,8H2,1-2H3. The molecule has 0 fully saturated rings. The van der Waals surface area contributed by atoms with Crippen LogP contribution in [0.15, 0.2) is 30.3 Å². The van der Waals surface area contributed by atoms with Crippen molar-refractivity contribution in [3.05, 3.63) is 41.4 Å². The molecule has 0 heterocycles. The van der Waals surface area contributed by atoms with Crippen molar-refractivity contribution in [3.63, 3.8) is 0 Å². The van der Waals surface area contributed by atoms with E-state index in [1.54, 1.807) is 0 Å². The summed E-state index contributed by atoms with van der Waals surface area (Å²) in [6, 6.07) is 9.22. The van der Waals surface area contributed by atoms with Crippen molar-refractivity contribution in [2.24, 2.45) is 0 Å². The zero-order valence-corrected chi connectivity index (χ0v) is 10.1. The number of benzene rings is 1. The number of hydrogen-bond donors (Lipinski definition) is 0. The molecule has 0 unspecified atom stereocenters. The second-order valence-corrected chi connectivity index (χ2v) is 5.28. The lowest BCUT2D eigenvalue weighted by Crippen LogP contribution is -2.08. The smallest absolute Gasteiger partial charge is 0.361 e. The van der Waals surface area contributed by atoms with Gasteiger partial charge in [-0.05, 0) is 5.56 Å². The average molecular weight is 240 g/mol. The first-order valence-corrected chi connectivity index (χ1v) is 6.17. The Morgan fingerprint density at radius 1 is 1.31 bits per heavy atom. The lowest BCUT2D eigenvalue weighted by molar-refractivity contribution is -0.00544. The van der Waals surface area contributed by atoms with Crippen molar-refractivity contribution in [3.8, 4) is 0 Å². The minimum Gasteiger partial charge on any atom is -0.361 e. The first-order valence-electron chi connectivity index (χ1n) is 4.63. The summed E-state index contributed by atoms with van der Waals surface area (Å²) in [6.45, 7) is 0. The van der Waals surface area contributed by atoms with Gasteiger partial charge in [0.25, 0.3) is 0 Å². The van der Waals surface area contributed by atoms with Gasteiger partial charge in [0, 0.05) is 14.2 Å². The average Bonchev–Trinajstić information content (AvgIpc) is 2.36. The van der Waals surface area contributed by atoms with Crippen LogP contribution >= 0.6 is 7.60 Å². The molecule has 86 valence electrons. The largest absolute Gasteiger partial charge is 0.437 e. The fourth-order valence-electron chi connectivity index (χ4n) is 1.25. The van der Waals surface area contributed by atoms with E-state index in [-0.39, 0.29) is 11.9 Å². The van der Waals surface area contributed by atoms with Crippen molar-refractivity contribution in [1.29, 1.82) is 0 Å². The van der Waals surface area contributed by atoms with Gasteiger partial charge in [-0.2, -0.15) is 4.79 Å². The molecule has 1 aromatic carbocycles. The lowest BCUT2D eigenvalue weighted by atomic mass is 10.2. The molecule has 0 saturated heterocycles. The SMILES string of the molecule is COP(=O)(OC)C(Cc1ccccc1)=[N+]=[N-]. The fraction of sp³-hybridized carbons (Fsp3) is 0.300. The summed E-state index contributed by atoms with van der Waals surface area (Å²) >= 11 is 0. The predicted molar refractivity (Wildman–Crippen MR) is 60.4 cm³/mol. The summed E-state index contributed by atoms with van der Waals surface area (Å²) in [4.78, 5) is 3.00. The van der Waals surface area contributed by atoms with Crippen molar-refractivity contribution in [1.82, 2.24) is 0 Å². The molecular formula is C10H13N2O3P. The quantitative estimate of drug-likeness (QED) is 0.343. The zero-order valence-electron chi connectivity index (χ0n) is 9.16. The number of rotatable bonds is 5. The van der Waals surface area contributed by atoms with E-state index < -0.39 is 7.60 Å². The highest BCUT2D eigenvalue weighted by atomic mass is 31.2. The second kappa shape index (κ2) is 5.73. The van der Waals surface area contributed by atoms with Crippen molar-refractivity contribution >= 4 is 13.0 Å². The summed E-state index contributed by atoms with van der Waals surface area (Å²) in [6.07, 6.45) is 0.219. The summed E-state index contributed by atoms with van der Waals surface area (Å²) in [5.41, 5.74) is 9.70. The minimum absolute atomic E-state index is 0.0105. The van der Waals surface area contributed by atoms with Gasteiger partial charge >= 0.3 is 13.0 Å². The van der Waals surface area contributed by atoms with E-state index in [0.29, 0.717) is 0 Å². The molecule has 0 aliphatic heterocycles. The highest BCUT2D eigenvalue weighted by molar-refractivity contribution is 7.71. The Morgan fingerprint density at radius 2 is 1.88 bits per heavy atom. The van der Waals surface area contributed by atoms with Crippen LogP contribution in [0.3, 0.4) is 0 Å². The highest BCUT2D eigenvalue weighted by Gasteiger charge is 2.37. The monoisotopic (exact) mass is 240 g/mol. The van der Waals surface area contributed by atoms with E-state index in [2.05, 4.69) is 4.79 Å². The van der Waals surface area contributed by atoms with Crippen LogP contribution < -0.4 is 0 Å². The third-order valence-electron chi connectivity index (χ3n) is 2.12. The Bertz CT molecular complexity index is 433. The van der Waals surface area contributed by atoms with Crippen LogP contribution in [-0.2, 0) is 20.0 Å². The van der Waals surface area contributed by atoms with Crippen molar-refractivity contribution in [2.45, 2.75) is 6.42 Å². The van der Waals surface area contributed by atoms with E-state index in [0.717, 1.165) is 5.56 Å². The van der Waals surface area contributed by atoms with Gasteiger partial charge in [-0.25, -0.2) is 4.57 Å². The van der Waals surface area contributed by atoms with Crippen LogP contribution in [0, 0.1) is 0 Å². The van der Waals surface area contributed by atoms with Gasteiger partial charge < -0.3 is 14.6 Å². The Balaban J connectivity index is 2.95. The van der Waals surface area contributed by atoms with Crippen LogP contribution in [-0.4, -0.2) is 24.5 Å². The molecule has 0 atom stereocenters. The molecule has 0 N–H and O–H groups in total. The molecule has 5 nitrogen and oxygen atoms in total. The van der Waals surface area contributed by atoms with Gasteiger partial charge in [0.1, 0.15) is 0 Å². The topological polar surface area (TPSA) is 71.9 Å². The maximum atomic E-state index is 12.0. The van der Waals surface area contributed by atoms with Crippen LogP contribution in [0.4, 0.5) is 0 Å². The van der Waals surface area contributed by atoms with Gasteiger partial charge in [-0.15, -0.1) is 0 Å². The van der Waals surface area contributed by atoms with Gasteiger partial charge in [0.2, 0.25) is 0 Å². The molecule has 0 aliphatic carbocycles. The van der Waals surface area contributed by atoms with Crippen LogP contribution in [0.5, 0.6) is 0 Å². The van der Waals surface area contributed by atoms with Gasteiger partial charge in [0.15, 0.2) is 0 Å². The Morgan fingerprint density at radius 3 is 2.31 bits per heavy atom. The maximum Gasteiger partial charge on any atom is 0.437 e. The molecule has 0 radical (unpaired) electrons. The third-order valence-corrected chi connectivity index (χ3v) is 3.96. The lowest BCUT2D eigenvalue weighted by Gasteiger charge is -2.08. The Kier molecular flexibility index (Phi) is 4.59. The molecule has 0 saturated carbocycles. The highest BCUT2D eigenvalue weighted by Crippen LogP contribution is 2.47. The Labute approximate surface area is 94.2 Å². The molecular weight excluding hydrogens is 227 g/mol. The summed E-state index contributed by atoms with van der Waals surface area (Å²) < 4.78 is 21.5. The molecule has 0 aliphatic rings. The van der Waals surface area contributed by atoms with Crippen molar-refractivity contribution in [2.75, 3.05) is 14.2 Å². The normalized spacial score (nSPS) is 10.9. The zero-order chi connectivity index (χ0) is 12.0. The molecule has 1 aromatic rings. The summed E-state index contributed by atoms with van der Waals surface area (Å²) in [7, 11) is -0.956. The molecule has 0 bridgehead atoms. The third kappa shape index (κ3) is 2.87.